The van der Waals surface area contributed by atoms with E-state index < -0.39 is 23.3 Å². The Hall–Kier alpha value is -4.37. The van der Waals surface area contributed by atoms with E-state index in [0.29, 0.717) is 42.8 Å². The number of hydrogen-bond acceptors (Lipinski definition) is 9. The Bertz CT molecular complexity index is 1900. The van der Waals surface area contributed by atoms with Gasteiger partial charge in [-0.25, -0.2) is 23.1 Å². The Morgan fingerprint density at radius 3 is 2.84 bits per heavy atom. The molecule has 3 atom stereocenters. The number of anilines is 2. The summed E-state index contributed by atoms with van der Waals surface area (Å²) in [4.78, 5) is 22.7. The smallest absolute Gasteiger partial charge is 0.319 e. The quantitative estimate of drug-likeness (QED) is 0.311. The Morgan fingerprint density at radius 2 is 1.98 bits per heavy atom. The van der Waals surface area contributed by atoms with Crippen molar-refractivity contribution in [3.8, 4) is 35.5 Å². The van der Waals surface area contributed by atoms with Gasteiger partial charge in [-0.15, -0.1) is 6.42 Å². The molecule has 45 heavy (non-hydrogen) atoms. The van der Waals surface area contributed by atoms with Crippen LogP contribution in [0.5, 0.6) is 11.9 Å². The summed E-state index contributed by atoms with van der Waals surface area (Å²) in [5, 5.41) is 0.549. The third-order valence-electron chi connectivity index (χ3n) is 9.85. The van der Waals surface area contributed by atoms with Gasteiger partial charge in [-0.3, -0.25) is 4.90 Å². The van der Waals surface area contributed by atoms with E-state index in [1.54, 1.807) is 0 Å². The molecule has 0 amide bonds. The van der Waals surface area contributed by atoms with Gasteiger partial charge in [0.15, 0.2) is 5.82 Å². The van der Waals surface area contributed by atoms with Crippen LogP contribution in [0.2, 0.25) is 0 Å². The lowest BCUT2D eigenvalue weighted by molar-refractivity contribution is 0.107. The van der Waals surface area contributed by atoms with Gasteiger partial charge in [-0.2, -0.15) is 9.97 Å². The van der Waals surface area contributed by atoms with Crippen LogP contribution in [-0.2, 0) is 0 Å². The number of rotatable bonds is 4. The summed E-state index contributed by atoms with van der Waals surface area (Å²) in [6.07, 6.45) is 10.9. The van der Waals surface area contributed by atoms with Crippen molar-refractivity contribution in [2.24, 2.45) is 0 Å². The number of alkyl halides is 1. The highest BCUT2D eigenvalue weighted by molar-refractivity contribution is 6.03. The summed E-state index contributed by atoms with van der Waals surface area (Å²) in [7, 11) is 0. The molecule has 1 aromatic carbocycles. The molecule has 3 aromatic heterocycles. The van der Waals surface area contributed by atoms with Crippen LogP contribution in [0.4, 0.5) is 24.8 Å². The molecule has 2 N–H and O–H groups in total. The van der Waals surface area contributed by atoms with Crippen LogP contribution >= 0.6 is 0 Å². The Labute approximate surface area is 257 Å². The van der Waals surface area contributed by atoms with Crippen LogP contribution in [0.3, 0.4) is 0 Å². The molecule has 232 valence electrons. The molecule has 4 aliphatic rings. The van der Waals surface area contributed by atoms with Crippen molar-refractivity contribution in [3.63, 3.8) is 0 Å². The van der Waals surface area contributed by atoms with Crippen LogP contribution in [0, 0.1) is 24.0 Å². The summed E-state index contributed by atoms with van der Waals surface area (Å²) < 4.78 is 58.9. The van der Waals surface area contributed by atoms with E-state index in [9.17, 15) is 8.78 Å². The van der Waals surface area contributed by atoms with Gasteiger partial charge in [0.25, 0.3) is 0 Å². The number of benzene rings is 1. The third-order valence-corrected chi connectivity index (χ3v) is 9.85. The Morgan fingerprint density at radius 1 is 1.09 bits per heavy atom. The summed E-state index contributed by atoms with van der Waals surface area (Å²) >= 11 is 0. The standard InChI is InChI=1S/C33H32F3N7O2/c1-2-20-22(35)8-9-23-25(20)21(13-24(37)38-23)28-27(36)29-26-30(43-12-5-3-4-7-19(43)16-44-31(26)39-28)41-32(40-29)45-17-33-10-6-11-42(33)15-18(34)14-33/h1,8-9,13,18-19H,3-7,10-12,14-17H2,(H2,37,38)/t18-,19+,33+/m1/s1. The van der Waals surface area contributed by atoms with Crippen molar-refractivity contribution in [1.82, 2.24) is 24.8 Å². The summed E-state index contributed by atoms with van der Waals surface area (Å²) in [5.41, 5.74) is 5.90. The van der Waals surface area contributed by atoms with Gasteiger partial charge in [0, 0.05) is 30.5 Å². The predicted octanol–water partition coefficient (Wildman–Crippen LogP) is 5.18. The first-order chi connectivity index (χ1) is 21.8. The largest absolute Gasteiger partial charge is 0.475 e. The highest BCUT2D eigenvalue weighted by atomic mass is 19.1. The van der Waals surface area contributed by atoms with E-state index in [-0.39, 0.29) is 58.1 Å². The minimum absolute atomic E-state index is 0.00221. The second-order valence-electron chi connectivity index (χ2n) is 12.6. The lowest BCUT2D eigenvalue weighted by Crippen LogP contribution is -2.43. The number of nitrogens with zero attached hydrogens (tertiary/aromatic N) is 6. The van der Waals surface area contributed by atoms with E-state index in [4.69, 9.17) is 26.6 Å². The van der Waals surface area contributed by atoms with Gasteiger partial charge in [0.05, 0.1) is 22.7 Å². The van der Waals surface area contributed by atoms with E-state index >= 15 is 4.39 Å². The number of fused-ring (bicyclic) bond motifs is 4. The zero-order chi connectivity index (χ0) is 30.9. The average molecular weight is 616 g/mol. The molecule has 8 rings (SSSR count). The first-order valence-electron chi connectivity index (χ1n) is 15.5. The minimum atomic E-state index is -0.917. The number of hydrogen-bond donors (Lipinski definition) is 1. The van der Waals surface area contributed by atoms with Crippen molar-refractivity contribution < 1.29 is 22.6 Å². The van der Waals surface area contributed by atoms with E-state index in [0.717, 1.165) is 45.1 Å². The molecule has 0 saturated carbocycles. The molecule has 3 saturated heterocycles. The highest BCUT2D eigenvalue weighted by Gasteiger charge is 2.49. The number of nitrogens with two attached hydrogens (primary N) is 1. The maximum absolute atomic E-state index is 16.9. The van der Waals surface area contributed by atoms with Gasteiger partial charge >= 0.3 is 6.01 Å². The monoisotopic (exact) mass is 615 g/mol. The molecule has 0 aliphatic carbocycles. The second-order valence-corrected chi connectivity index (χ2v) is 12.6. The fraction of sp³-hybridized carbons (Fsp3) is 0.455. The molecule has 0 spiro atoms. The number of aromatic nitrogens is 4. The number of ether oxygens (including phenoxy) is 2. The topological polar surface area (TPSA) is 103 Å². The second kappa shape index (κ2) is 10.6. The zero-order valence-corrected chi connectivity index (χ0v) is 24.7. The van der Waals surface area contributed by atoms with Crippen molar-refractivity contribution in [1.29, 1.82) is 0 Å². The molecule has 9 nitrogen and oxygen atoms in total. The molecule has 0 bridgehead atoms. The fourth-order valence-electron chi connectivity index (χ4n) is 7.76. The van der Waals surface area contributed by atoms with Crippen LogP contribution in [0.15, 0.2) is 18.2 Å². The van der Waals surface area contributed by atoms with Gasteiger partial charge in [0.1, 0.15) is 53.4 Å². The number of nitrogen functional groups attached to an aromatic ring is 1. The predicted molar refractivity (Wildman–Crippen MR) is 164 cm³/mol. The highest BCUT2D eigenvalue weighted by Crippen LogP contribution is 2.44. The first kappa shape index (κ1) is 28.1. The van der Waals surface area contributed by atoms with Crippen molar-refractivity contribution in [2.45, 2.75) is 62.7 Å². The zero-order valence-electron chi connectivity index (χ0n) is 24.7. The lowest BCUT2D eigenvalue weighted by Gasteiger charge is -2.31. The van der Waals surface area contributed by atoms with Gasteiger partial charge in [0.2, 0.25) is 5.88 Å². The molecule has 4 aromatic rings. The number of pyridine rings is 2. The van der Waals surface area contributed by atoms with Crippen molar-refractivity contribution in [3.05, 3.63) is 35.4 Å². The lowest BCUT2D eigenvalue weighted by atomic mass is 9.95. The van der Waals surface area contributed by atoms with Crippen molar-refractivity contribution >= 4 is 33.4 Å². The van der Waals surface area contributed by atoms with Crippen LogP contribution in [0.25, 0.3) is 33.1 Å². The maximum Gasteiger partial charge on any atom is 0.319 e. The molecule has 0 unspecified atom stereocenters. The van der Waals surface area contributed by atoms with Gasteiger partial charge in [-0.05, 0) is 50.4 Å². The van der Waals surface area contributed by atoms with E-state index in [2.05, 4.69) is 30.7 Å². The first-order valence-corrected chi connectivity index (χ1v) is 15.5. The molecule has 12 heteroatoms. The van der Waals surface area contributed by atoms with Gasteiger partial charge < -0.3 is 20.1 Å². The molecule has 3 fully saturated rings. The number of terminal acetylenes is 1. The molecule has 7 heterocycles. The molecular formula is C33H32F3N7O2. The minimum Gasteiger partial charge on any atom is -0.475 e. The van der Waals surface area contributed by atoms with Crippen LogP contribution in [-0.4, -0.2) is 75.4 Å². The Kier molecular flexibility index (Phi) is 6.64. The third kappa shape index (κ3) is 4.50. The van der Waals surface area contributed by atoms with E-state index in [1.807, 2.05) is 0 Å². The SMILES string of the molecule is C#Cc1c(F)ccc2nc(N)cc(-c3nc4c5c(nc(OC[C@@]67CCCN6C[C@H](F)C7)nc5c3F)N3CCCCC[C@H]3CO4)c12. The molecule has 0 radical (unpaired) electrons. The Balaban J connectivity index is 1.33. The van der Waals surface area contributed by atoms with Gasteiger partial charge in [-0.1, -0.05) is 18.8 Å². The van der Waals surface area contributed by atoms with Crippen molar-refractivity contribution in [2.75, 3.05) is 43.5 Å². The maximum atomic E-state index is 16.9. The number of halogens is 3. The summed E-state index contributed by atoms with van der Waals surface area (Å²) in [6.45, 7) is 2.42. The summed E-state index contributed by atoms with van der Waals surface area (Å²) in [5.74, 6) is 1.70. The summed E-state index contributed by atoms with van der Waals surface area (Å²) in [6, 6.07) is 4.07. The fourth-order valence-corrected chi connectivity index (χ4v) is 7.76. The molecular weight excluding hydrogens is 583 g/mol. The average Bonchev–Trinajstić information content (AvgIpc) is 3.38. The normalized spacial score (nSPS) is 24.5. The van der Waals surface area contributed by atoms with Crippen LogP contribution in [0.1, 0.15) is 50.5 Å². The van der Waals surface area contributed by atoms with E-state index in [1.165, 1.54) is 18.2 Å². The van der Waals surface area contributed by atoms with Crippen LogP contribution < -0.4 is 20.1 Å². The molecule has 4 aliphatic heterocycles.